The van der Waals surface area contributed by atoms with Crippen LogP contribution in [0.15, 0.2) is 23.2 Å². The molecule has 1 aliphatic rings. The Labute approximate surface area is 137 Å². The maximum Gasteiger partial charge on any atom is 0.418 e. The van der Waals surface area contributed by atoms with E-state index in [2.05, 4.69) is 10.3 Å². The number of aliphatic imine (C=N–C) groups is 1. The molecule has 1 amide bonds. The van der Waals surface area contributed by atoms with Crippen molar-refractivity contribution in [1.29, 1.82) is 0 Å². The first-order valence-corrected chi connectivity index (χ1v) is 8.20. The number of carbonyl (C=O) groups is 1. The number of nitrogens with one attached hydrogen (secondary N) is 1. The maximum absolute atomic E-state index is 13.0. The highest BCUT2D eigenvalue weighted by atomic mass is 32.2. The van der Waals surface area contributed by atoms with Crippen LogP contribution in [0, 0.1) is 10.1 Å². The van der Waals surface area contributed by atoms with E-state index in [1.54, 1.807) is 0 Å². The van der Waals surface area contributed by atoms with E-state index in [1.165, 1.54) is 11.8 Å². The fourth-order valence-electron chi connectivity index (χ4n) is 1.71. The molecular weight excluding hydrogens is 355 g/mol. The van der Waals surface area contributed by atoms with Gasteiger partial charge in [0.25, 0.3) is 5.69 Å². The molecule has 0 aromatic heterocycles. The van der Waals surface area contributed by atoms with Gasteiger partial charge in [-0.05, 0) is 6.07 Å². The van der Waals surface area contributed by atoms with Crippen LogP contribution in [0.5, 0.6) is 0 Å². The monoisotopic (exact) mass is 365 g/mol. The first-order valence-electron chi connectivity index (χ1n) is 6.23. The summed E-state index contributed by atoms with van der Waals surface area (Å²) in [6.45, 7) is 0.662. The number of nitro benzene ring substituents is 1. The number of nitro groups is 1. The van der Waals surface area contributed by atoms with Crippen molar-refractivity contribution in [2.75, 3.05) is 23.4 Å². The summed E-state index contributed by atoms with van der Waals surface area (Å²) < 4.78 is 39.6. The fraction of sp³-hybridized carbons (Fsp3) is 0.333. The van der Waals surface area contributed by atoms with E-state index in [9.17, 15) is 28.1 Å². The summed E-state index contributed by atoms with van der Waals surface area (Å²) in [7, 11) is 0. The zero-order valence-corrected chi connectivity index (χ0v) is 13.1. The maximum atomic E-state index is 13.0. The van der Waals surface area contributed by atoms with Gasteiger partial charge in [0.05, 0.1) is 28.5 Å². The summed E-state index contributed by atoms with van der Waals surface area (Å²) >= 11 is 2.63. The van der Waals surface area contributed by atoms with Crippen molar-refractivity contribution in [3.63, 3.8) is 0 Å². The number of thioether (sulfide) groups is 2. The number of amides is 1. The number of alkyl halides is 3. The molecule has 1 aromatic carbocycles. The van der Waals surface area contributed by atoms with Gasteiger partial charge in [0.15, 0.2) is 0 Å². The van der Waals surface area contributed by atoms with E-state index >= 15 is 0 Å². The lowest BCUT2D eigenvalue weighted by atomic mass is 10.1. The SMILES string of the molecule is O=C(CSC1=NCCS1)Nc1ccc([N+](=O)[O-])cc1C(F)(F)F. The van der Waals surface area contributed by atoms with Crippen molar-refractivity contribution < 1.29 is 22.9 Å². The normalized spacial score (nSPS) is 14.5. The van der Waals surface area contributed by atoms with Gasteiger partial charge in [-0.2, -0.15) is 13.2 Å². The van der Waals surface area contributed by atoms with Gasteiger partial charge in [0, 0.05) is 17.9 Å². The van der Waals surface area contributed by atoms with Crippen molar-refractivity contribution in [2.45, 2.75) is 6.18 Å². The lowest BCUT2D eigenvalue weighted by Crippen LogP contribution is -2.18. The standard InChI is InChI=1S/C12H10F3N3O3S2/c13-12(14,15)8-5-7(18(20)21)1-2-9(8)17-10(19)6-23-11-16-3-4-22-11/h1-2,5H,3-4,6H2,(H,17,19). The highest BCUT2D eigenvalue weighted by Crippen LogP contribution is 2.37. The molecule has 11 heteroatoms. The number of nitrogens with zero attached hydrogens (tertiary/aromatic N) is 2. The summed E-state index contributed by atoms with van der Waals surface area (Å²) in [6, 6.07) is 2.19. The molecule has 23 heavy (non-hydrogen) atoms. The molecule has 0 fully saturated rings. The van der Waals surface area contributed by atoms with Gasteiger partial charge in [-0.15, -0.1) is 0 Å². The summed E-state index contributed by atoms with van der Waals surface area (Å²) in [6.07, 6.45) is -4.81. The van der Waals surface area contributed by atoms with Crippen LogP contribution in [-0.2, 0) is 11.0 Å². The minimum absolute atomic E-state index is 0.0832. The smallest absolute Gasteiger partial charge is 0.325 e. The minimum Gasteiger partial charge on any atom is -0.325 e. The van der Waals surface area contributed by atoms with Crippen LogP contribution in [0.1, 0.15) is 5.56 Å². The third-order valence-electron chi connectivity index (χ3n) is 2.68. The Hall–Kier alpha value is -1.75. The third-order valence-corrected chi connectivity index (χ3v) is 4.93. The lowest BCUT2D eigenvalue weighted by Gasteiger charge is -2.13. The third kappa shape index (κ3) is 4.86. The second-order valence-electron chi connectivity index (χ2n) is 4.32. The Balaban J connectivity index is 2.11. The van der Waals surface area contributed by atoms with Crippen molar-refractivity contribution in [1.82, 2.24) is 0 Å². The molecule has 0 saturated heterocycles. The van der Waals surface area contributed by atoms with Crippen LogP contribution in [0.2, 0.25) is 0 Å². The number of hydrogen-bond donors (Lipinski definition) is 1. The van der Waals surface area contributed by atoms with Crippen LogP contribution < -0.4 is 5.32 Å². The van der Waals surface area contributed by atoms with Crippen molar-refractivity contribution in [2.24, 2.45) is 4.99 Å². The number of hydrogen-bond acceptors (Lipinski definition) is 6. The molecule has 0 bridgehead atoms. The van der Waals surface area contributed by atoms with Gasteiger partial charge < -0.3 is 5.32 Å². The quantitative estimate of drug-likeness (QED) is 0.653. The van der Waals surface area contributed by atoms with Gasteiger partial charge in [0.2, 0.25) is 5.91 Å². The van der Waals surface area contributed by atoms with Crippen molar-refractivity contribution in [3.05, 3.63) is 33.9 Å². The van der Waals surface area contributed by atoms with Crippen LogP contribution in [0.4, 0.5) is 24.5 Å². The zero-order valence-electron chi connectivity index (χ0n) is 11.4. The molecule has 124 valence electrons. The number of non-ortho nitro benzene ring substituents is 1. The summed E-state index contributed by atoms with van der Waals surface area (Å²) in [5.41, 5.74) is -2.45. The molecule has 1 aliphatic heterocycles. The number of halogens is 3. The Kier molecular flexibility index (Phi) is 5.52. The average Bonchev–Trinajstić information content (AvgIpc) is 2.97. The van der Waals surface area contributed by atoms with E-state index in [-0.39, 0.29) is 5.75 Å². The molecule has 1 aromatic rings. The Bertz CT molecular complexity index is 665. The summed E-state index contributed by atoms with van der Waals surface area (Å²) in [5, 5.41) is 12.7. The van der Waals surface area contributed by atoms with E-state index in [1.807, 2.05) is 0 Å². The molecule has 2 rings (SSSR count). The minimum atomic E-state index is -4.81. The van der Waals surface area contributed by atoms with Crippen molar-refractivity contribution in [3.8, 4) is 0 Å². The lowest BCUT2D eigenvalue weighted by molar-refractivity contribution is -0.385. The molecular formula is C12H10F3N3O3S2. The first kappa shape index (κ1) is 17.6. The molecule has 6 nitrogen and oxygen atoms in total. The van der Waals surface area contributed by atoms with Crippen molar-refractivity contribution >= 4 is 45.2 Å². The predicted octanol–water partition coefficient (Wildman–Crippen LogP) is 3.39. The zero-order chi connectivity index (χ0) is 17.0. The Morgan fingerprint density at radius 1 is 1.48 bits per heavy atom. The molecule has 1 heterocycles. The molecule has 0 saturated carbocycles. The number of carbonyl (C=O) groups excluding carboxylic acids is 1. The van der Waals surface area contributed by atoms with E-state index in [0.717, 1.165) is 34.0 Å². The van der Waals surface area contributed by atoms with Gasteiger partial charge in [-0.1, -0.05) is 23.5 Å². The van der Waals surface area contributed by atoms with E-state index in [4.69, 9.17) is 0 Å². The molecule has 0 unspecified atom stereocenters. The fourth-order valence-corrected chi connectivity index (χ4v) is 3.51. The first-order chi connectivity index (χ1) is 10.8. The Morgan fingerprint density at radius 3 is 2.78 bits per heavy atom. The van der Waals surface area contributed by atoms with Gasteiger partial charge in [-0.3, -0.25) is 19.9 Å². The Morgan fingerprint density at radius 2 is 2.22 bits per heavy atom. The average molecular weight is 365 g/mol. The summed E-state index contributed by atoms with van der Waals surface area (Å²) in [5.74, 6) is 0.106. The van der Waals surface area contributed by atoms with Gasteiger partial charge in [-0.25, -0.2) is 0 Å². The second kappa shape index (κ2) is 7.21. The number of anilines is 1. The highest BCUT2D eigenvalue weighted by Gasteiger charge is 2.35. The molecule has 0 atom stereocenters. The van der Waals surface area contributed by atoms with Crippen LogP contribution >= 0.6 is 23.5 Å². The second-order valence-corrected chi connectivity index (χ2v) is 6.62. The number of benzene rings is 1. The topological polar surface area (TPSA) is 84.6 Å². The predicted molar refractivity (Wildman–Crippen MR) is 83.9 cm³/mol. The largest absolute Gasteiger partial charge is 0.418 e. The van der Waals surface area contributed by atoms with E-state index in [0.29, 0.717) is 12.6 Å². The molecule has 1 N–H and O–H groups in total. The molecule has 0 spiro atoms. The van der Waals surface area contributed by atoms with Crippen LogP contribution in [-0.4, -0.2) is 33.3 Å². The van der Waals surface area contributed by atoms with Gasteiger partial charge in [0.1, 0.15) is 4.38 Å². The summed E-state index contributed by atoms with van der Waals surface area (Å²) in [4.78, 5) is 25.6. The van der Waals surface area contributed by atoms with Crippen LogP contribution in [0.25, 0.3) is 0 Å². The van der Waals surface area contributed by atoms with E-state index < -0.39 is 33.9 Å². The molecule has 0 radical (unpaired) electrons. The van der Waals surface area contributed by atoms with Crippen LogP contribution in [0.3, 0.4) is 0 Å². The highest BCUT2D eigenvalue weighted by molar-refractivity contribution is 8.39. The number of rotatable bonds is 4. The molecule has 0 aliphatic carbocycles. The van der Waals surface area contributed by atoms with Gasteiger partial charge >= 0.3 is 6.18 Å².